The molecule has 1 aliphatic rings. The van der Waals surface area contributed by atoms with Gasteiger partial charge in [-0.3, -0.25) is 4.79 Å². The normalized spacial score (nSPS) is 16.1. The lowest BCUT2D eigenvalue weighted by Gasteiger charge is -2.27. The molecule has 2 rings (SSSR count). The summed E-state index contributed by atoms with van der Waals surface area (Å²) in [4.78, 5) is 14.1. The molecule has 0 bridgehead atoms. The van der Waals surface area contributed by atoms with Gasteiger partial charge in [-0.2, -0.15) is 0 Å². The van der Waals surface area contributed by atoms with Gasteiger partial charge in [-0.25, -0.2) is 4.39 Å². The molecule has 110 valence electrons. The van der Waals surface area contributed by atoms with E-state index in [0.29, 0.717) is 12.1 Å². The van der Waals surface area contributed by atoms with Gasteiger partial charge in [0.05, 0.1) is 6.42 Å². The zero-order valence-corrected chi connectivity index (χ0v) is 11.7. The maximum atomic E-state index is 13.0. The average molecular weight is 279 g/mol. The number of carbonyl (C=O) groups is 1. The predicted molar refractivity (Wildman–Crippen MR) is 77.0 cm³/mol. The first-order valence-electron chi connectivity index (χ1n) is 7.18. The van der Waals surface area contributed by atoms with Crippen LogP contribution in [0.5, 0.6) is 0 Å². The molecule has 1 aromatic carbocycles. The molecule has 1 saturated heterocycles. The summed E-state index contributed by atoms with van der Waals surface area (Å²) in [6.45, 7) is 5.95. The van der Waals surface area contributed by atoms with E-state index >= 15 is 0 Å². The van der Waals surface area contributed by atoms with Crippen molar-refractivity contribution in [2.75, 3.05) is 39.3 Å². The number of piperazine rings is 1. The number of nitrogens with one attached hydrogen (secondary N) is 2. The average Bonchev–Trinajstić information content (AvgIpc) is 2.45. The van der Waals surface area contributed by atoms with Gasteiger partial charge in [-0.1, -0.05) is 12.1 Å². The molecule has 1 heterocycles. The summed E-state index contributed by atoms with van der Waals surface area (Å²) < 4.78 is 13.0. The highest BCUT2D eigenvalue weighted by molar-refractivity contribution is 5.78. The third-order valence-electron chi connectivity index (χ3n) is 3.44. The molecular formula is C15H22FN3O. The number of benzene rings is 1. The topological polar surface area (TPSA) is 44.4 Å². The molecule has 1 fully saturated rings. The van der Waals surface area contributed by atoms with Gasteiger partial charge in [-0.05, 0) is 30.7 Å². The summed E-state index contributed by atoms with van der Waals surface area (Å²) in [7, 11) is 0. The van der Waals surface area contributed by atoms with Crippen LogP contribution < -0.4 is 10.6 Å². The molecule has 0 atom stereocenters. The maximum absolute atomic E-state index is 13.0. The van der Waals surface area contributed by atoms with E-state index in [1.54, 1.807) is 12.1 Å². The molecule has 0 spiro atoms. The van der Waals surface area contributed by atoms with Crippen LogP contribution >= 0.6 is 0 Å². The van der Waals surface area contributed by atoms with Gasteiger partial charge < -0.3 is 15.5 Å². The maximum Gasteiger partial charge on any atom is 0.224 e. The first-order chi connectivity index (χ1) is 9.74. The van der Waals surface area contributed by atoms with Crippen molar-refractivity contribution >= 4 is 5.91 Å². The summed E-state index contributed by atoms with van der Waals surface area (Å²) in [5.74, 6) is -0.343. The summed E-state index contributed by atoms with van der Waals surface area (Å²) in [5, 5.41) is 6.20. The monoisotopic (exact) mass is 279 g/mol. The first kappa shape index (κ1) is 14.9. The summed E-state index contributed by atoms with van der Waals surface area (Å²) in [5.41, 5.74) is 0.713. The fourth-order valence-corrected chi connectivity index (χ4v) is 2.36. The smallest absolute Gasteiger partial charge is 0.224 e. The number of carbonyl (C=O) groups excluding carboxylic acids is 1. The SMILES string of the molecule is O=C(Cc1cccc(F)c1)NCCCN1CCNCC1. The lowest BCUT2D eigenvalue weighted by Crippen LogP contribution is -2.44. The zero-order valence-electron chi connectivity index (χ0n) is 11.7. The minimum Gasteiger partial charge on any atom is -0.356 e. The second kappa shape index (κ2) is 7.97. The number of hydrogen-bond donors (Lipinski definition) is 2. The minimum absolute atomic E-state index is 0.0455. The van der Waals surface area contributed by atoms with Crippen LogP contribution in [0.1, 0.15) is 12.0 Å². The van der Waals surface area contributed by atoms with Crippen molar-refractivity contribution in [2.24, 2.45) is 0 Å². The Hall–Kier alpha value is -1.46. The second-order valence-electron chi connectivity index (χ2n) is 5.10. The van der Waals surface area contributed by atoms with Crippen molar-refractivity contribution in [2.45, 2.75) is 12.8 Å². The lowest BCUT2D eigenvalue weighted by atomic mass is 10.1. The molecule has 1 amide bonds. The van der Waals surface area contributed by atoms with Gasteiger partial charge in [0.2, 0.25) is 5.91 Å². The van der Waals surface area contributed by atoms with Gasteiger partial charge >= 0.3 is 0 Å². The van der Waals surface area contributed by atoms with Gasteiger partial charge in [0.25, 0.3) is 0 Å². The molecule has 4 nitrogen and oxygen atoms in total. The van der Waals surface area contributed by atoms with E-state index in [-0.39, 0.29) is 18.1 Å². The standard InChI is InChI=1S/C15H22FN3O/c16-14-4-1-3-13(11-14)12-15(20)18-5-2-8-19-9-6-17-7-10-19/h1,3-4,11,17H,2,5-10,12H2,(H,18,20). The fourth-order valence-electron chi connectivity index (χ4n) is 2.36. The first-order valence-corrected chi connectivity index (χ1v) is 7.18. The predicted octanol–water partition coefficient (Wildman–Crippen LogP) is 0.780. The van der Waals surface area contributed by atoms with E-state index in [2.05, 4.69) is 15.5 Å². The highest BCUT2D eigenvalue weighted by Crippen LogP contribution is 2.04. The molecule has 5 heteroatoms. The Kier molecular flexibility index (Phi) is 5.95. The Balaban J connectivity index is 1.60. The Morgan fingerprint density at radius 3 is 2.90 bits per heavy atom. The van der Waals surface area contributed by atoms with Gasteiger partial charge in [0, 0.05) is 32.7 Å². The molecule has 0 radical (unpaired) electrons. The third kappa shape index (κ3) is 5.27. The van der Waals surface area contributed by atoms with Crippen molar-refractivity contribution in [3.8, 4) is 0 Å². The number of hydrogen-bond acceptors (Lipinski definition) is 3. The molecule has 0 aliphatic carbocycles. The Bertz CT molecular complexity index is 433. The van der Waals surface area contributed by atoms with Crippen molar-refractivity contribution in [1.82, 2.24) is 15.5 Å². The number of rotatable bonds is 6. The summed E-state index contributed by atoms with van der Waals surface area (Å²) in [6, 6.07) is 6.18. The van der Waals surface area contributed by atoms with E-state index in [9.17, 15) is 9.18 Å². The molecule has 0 unspecified atom stereocenters. The van der Waals surface area contributed by atoms with E-state index < -0.39 is 0 Å². The van der Waals surface area contributed by atoms with Crippen LogP contribution in [0.4, 0.5) is 4.39 Å². The highest BCUT2D eigenvalue weighted by atomic mass is 19.1. The molecule has 2 N–H and O–H groups in total. The Labute approximate surface area is 119 Å². The van der Waals surface area contributed by atoms with Crippen LogP contribution in [0.2, 0.25) is 0 Å². The number of halogens is 1. The fraction of sp³-hybridized carbons (Fsp3) is 0.533. The second-order valence-corrected chi connectivity index (χ2v) is 5.10. The quantitative estimate of drug-likeness (QED) is 0.756. The summed E-state index contributed by atoms with van der Waals surface area (Å²) in [6.07, 6.45) is 1.19. The van der Waals surface area contributed by atoms with Crippen molar-refractivity contribution in [3.05, 3.63) is 35.6 Å². The van der Waals surface area contributed by atoms with Crippen molar-refractivity contribution in [1.29, 1.82) is 0 Å². The largest absolute Gasteiger partial charge is 0.356 e. The number of amides is 1. The zero-order chi connectivity index (χ0) is 14.2. The van der Waals surface area contributed by atoms with Gasteiger partial charge in [-0.15, -0.1) is 0 Å². The van der Waals surface area contributed by atoms with Gasteiger partial charge in [0.15, 0.2) is 0 Å². The summed E-state index contributed by atoms with van der Waals surface area (Å²) >= 11 is 0. The molecule has 20 heavy (non-hydrogen) atoms. The third-order valence-corrected chi connectivity index (χ3v) is 3.44. The van der Waals surface area contributed by atoms with E-state index in [0.717, 1.165) is 39.1 Å². The van der Waals surface area contributed by atoms with Crippen LogP contribution in [-0.2, 0) is 11.2 Å². The van der Waals surface area contributed by atoms with Crippen molar-refractivity contribution < 1.29 is 9.18 Å². The van der Waals surface area contributed by atoms with Gasteiger partial charge in [0.1, 0.15) is 5.82 Å². The van der Waals surface area contributed by atoms with Crippen LogP contribution in [-0.4, -0.2) is 50.1 Å². The van der Waals surface area contributed by atoms with E-state index in [4.69, 9.17) is 0 Å². The van der Waals surface area contributed by atoms with Crippen LogP contribution in [0.25, 0.3) is 0 Å². The molecule has 0 saturated carbocycles. The number of nitrogens with zero attached hydrogens (tertiary/aromatic N) is 1. The minimum atomic E-state index is -0.297. The molecule has 0 aromatic heterocycles. The molecular weight excluding hydrogens is 257 g/mol. The molecule has 1 aromatic rings. The van der Waals surface area contributed by atoms with Crippen LogP contribution in [0, 0.1) is 5.82 Å². The Morgan fingerprint density at radius 1 is 1.35 bits per heavy atom. The van der Waals surface area contributed by atoms with Crippen molar-refractivity contribution in [3.63, 3.8) is 0 Å². The Morgan fingerprint density at radius 2 is 2.15 bits per heavy atom. The van der Waals surface area contributed by atoms with E-state index in [1.807, 2.05) is 0 Å². The van der Waals surface area contributed by atoms with Crippen LogP contribution in [0.3, 0.4) is 0 Å². The highest BCUT2D eigenvalue weighted by Gasteiger charge is 2.09. The lowest BCUT2D eigenvalue weighted by molar-refractivity contribution is -0.120. The van der Waals surface area contributed by atoms with Crippen LogP contribution in [0.15, 0.2) is 24.3 Å². The molecule has 1 aliphatic heterocycles. The van der Waals surface area contributed by atoms with E-state index in [1.165, 1.54) is 12.1 Å².